The molecule has 0 saturated carbocycles. The van der Waals surface area contributed by atoms with Gasteiger partial charge in [0.15, 0.2) is 6.10 Å². The number of halogens is 1. The minimum absolute atomic E-state index is 0.189. The molecular formula is C21H19ClO5. The van der Waals surface area contributed by atoms with Gasteiger partial charge in [-0.1, -0.05) is 36.7 Å². The number of hydrogen-bond donors (Lipinski definition) is 0. The lowest BCUT2D eigenvalue weighted by Crippen LogP contribution is -2.26. The molecule has 0 aliphatic carbocycles. The topological polar surface area (TPSA) is 65.7 Å². The van der Waals surface area contributed by atoms with Crippen molar-refractivity contribution in [3.05, 3.63) is 64.0 Å². The Morgan fingerprint density at radius 1 is 1.19 bits per heavy atom. The van der Waals surface area contributed by atoms with Crippen LogP contribution in [0.2, 0.25) is 5.02 Å². The molecule has 0 bridgehead atoms. The first kappa shape index (κ1) is 19.0. The molecule has 0 fully saturated rings. The maximum Gasteiger partial charge on any atom is 0.347 e. The summed E-state index contributed by atoms with van der Waals surface area (Å²) >= 11 is 6.19. The van der Waals surface area contributed by atoms with E-state index in [2.05, 4.69) is 0 Å². The number of rotatable bonds is 6. The third kappa shape index (κ3) is 4.14. The van der Waals surface area contributed by atoms with Crippen molar-refractivity contribution >= 4 is 28.5 Å². The van der Waals surface area contributed by atoms with Gasteiger partial charge in [0.1, 0.15) is 17.6 Å². The zero-order chi connectivity index (χ0) is 19.4. The SMILES string of the molecule is CCCOC(=O)[C@@H](C)Oc1ccc2c(=O)c(-c3ccccc3Cl)coc2c1. The number of carbonyl (C=O) groups is 1. The first-order valence-electron chi connectivity index (χ1n) is 8.65. The molecule has 5 nitrogen and oxygen atoms in total. The average molecular weight is 387 g/mol. The number of carbonyl (C=O) groups excluding carboxylic acids is 1. The molecular weight excluding hydrogens is 368 g/mol. The van der Waals surface area contributed by atoms with Gasteiger partial charge in [-0.15, -0.1) is 0 Å². The second kappa shape index (κ2) is 8.27. The standard InChI is InChI=1S/C21H19ClO5/c1-3-10-25-21(24)13(2)27-14-8-9-16-19(11-14)26-12-17(20(16)23)15-6-4-5-7-18(15)22/h4-9,11-13H,3,10H2,1-2H3/t13-/m1/s1. The fourth-order valence-corrected chi connectivity index (χ4v) is 2.86. The third-order valence-electron chi connectivity index (χ3n) is 4.00. The van der Waals surface area contributed by atoms with Crippen LogP contribution in [0.3, 0.4) is 0 Å². The molecule has 0 saturated heterocycles. The Bertz CT molecular complexity index is 1020. The van der Waals surface area contributed by atoms with Gasteiger partial charge in [0.05, 0.1) is 17.6 Å². The summed E-state index contributed by atoms with van der Waals surface area (Å²) in [5.41, 5.74) is 1.18. The zero-order valence-electron chi connectivity index (χ0n) is 15.0. The Labute approximate surface area is 161 Å². The highest BCUT2D eigenvalue weighted by Gasteiger charge is 2.17. The highest BCUT2D eigenvalue weighted by atomic mass is 35.5. The number of ether oxygens (including phenoxy) is 2. The number of benzene rings is 2. The molecule has 1 atom stereocenters. The molecule has 0 aliphatic heterocycles. The largest absolute Gasteiger partial charge is 0.479 e. The molecule has 3 aromatic rings. The summed E-state index contributed by atoms with van der Waals surface area (Å²) in [7, 11) is 0. The monoisotopic (exact) mass is 386 g/mol. The van der Waals surface area contributed by atoms with Crippen molar-refractivity contribution in [2.75, 3.05) is 6.61 Å². The van der Waals surface area contributed by atoms with Crippen molar-refractivity contribution in [3.8, 4) is 16.9 Å². The molecule has 1 heterocycles. The highest BCUT2D eigenvalue weighted by Crippen LogP contribution is 2.28. The van der Waals surface area contributed by atoms with Crippen molar-refractivity contribution in [2.45, 2.75) is 26.4 Å². The molecule has 140 valence electrons. The fraction of sp³-hybridized carbons (Fsp3) is 0.238. The summed E-state index contributed by atoms with van der Waals surface area (Å²) in [5.74, 6) is -0.0236. The van der Waals surface area contributed by atoms with Crippen molar-refractivity contribution in [1.82, 2.24) is 0 Å². The van der Waals surface area contributed by atoms with Crippen molar-refractivity contribution in [3.63, 3.8) is 0 Å². The minimum atomic E-state index is -0.761. The second-order valence-electron chi connectivity index (χ2n) is 6.04. The zero-order valence-corrected chi connectivity index (χ0v) is 15.8. The van der Waals surface area contributed by atoms with Gasteiger partial charge in [-0.25, -0.2) is 4.79 Å². The van der Waals surface area contributed by atoms with E-state index in [0.717, 1.165) is 6.42 Å². The van der Waals surface area contributed by atoms with Crippen LogP contribution in [0.15, 0.2) is 57.9 Å². The fourth-order valence-electron chi connectivity index (χ4n) is 2.62. The molecule has 0 amide bonds. The maximum atomic E-state index is 12.8. The van der Waals surface area contributed by atoms with Crippen LogP contribution < -0.4 is 10.2 Å². The Morgan fingerprint density at radius 3 is 2.70 bits per heavy atom. The van der Waals surface area contributed by atoms with Gasteiger partial charge in [-0.05, 0) is 31.5 Å². The predicted molar refractivity (Wildman–Crippen MR) is 104 cm³/mol. The maximum absolute atomic E-state index is 12.8. The van der Waals surface area contributed by atoms with Crippen LogP contribution in [-0.4, -0.2) is 18.7 Å². The van der Waals surface area contributed by atoms with E-state index >= 15 is 0 Å². The lowest BCUT2D eigenvalue weighted by atomic mass is 10.1. The normalized spacial score (nSPS) is 12.0. The molecule has 6 heteroatoms. The van der Waals surface area contributed by atoms with E-state index in [9.17, 15) is 9.59 Å². The molecule has 0 unspecified atom stereocenters. The highest BCUT2D eigenvalue weighted by molar-refractivity contribution is 6.33. The molecule has 0 aliphatic rings. The number of esters is 1. The minimum Gasteiger partial charge on any atom is -0.479 e. The quantitative estimate of drug-likeness (QED) is 0.567. The van der Waals surface area contributed by atoms with Crippen LogP contribution in [0.25, 0.3) is 22.1 Å². The average Bonchev–Trinajstić information content (AvgIpc) is 2.67. The summed E-state index contributed by atoms with van der Waals surface area (Å²) in [4.78, 5) is 24.6. The first-order valence-corrected chi connectivity index (χ1v) is 9.02. The molecule has 2 aromatic carbocycles. The molecule has 0 radical (unpaired) electrons. The Balaban J connectivity index is 1.89. The summed E-state index contributed by atoms with van der Waals surface area (Å²) < 4.78 is 16.3. The van der Waals surface area contributed by atoms with Crippen LogP contribution in [0.5, 0.6) is 5.75 Å². The van der Waals surface area contributed by atoms with E-state index in [1.54, 1.807) is 49.4 Å². The van der Waals surface area contributed by atoms with Crippen molar-refractivity contribution in [2.24, 2.45) is 0 Å². The van der Waals surface area contributed by atoms with Gasteiger partial charge in [0.2, 0.25) is 5.43 Å². The van der Waals surface area contributed by atoms with Crippen LogP contribution in [0.1, 0.15) is 20.3 Å². The molecule has 0 N–H and O–H groups in total. The van der Waals surface area contributed by atoms with Crippen molar-refractivity contribution < 1.29 is 18.7 Å². The Kier molecular flexibility index (Phi) is 5.81. The van der Waals surface area contributed by atoms with Gasteiger partial charge in [0.25, 0.3) is 0 Å². The van der Waals surface area contributed by atoms with Crippen LogP contribution >= 0.6 is 11.6 Å². The van der Waals surface area contributed by atoms with E-state index in [1.165, 1.54) is 6.26 Å². The Hall–Kier alpha value is -2.79. The van der Waals surface area contributed by atoms with Gasteiger partial charge in [-0.2, -0.15) is 0 Å². The summed E-state index contributed by atoms with van der Waals surface area (Å²) in [6.07, 6.45) is 1.37. The number of fused-ring (bicyclic) bond motifs is 1. The van der Waals surface area contributed by atoms with Crippen LogP contribution in [-0.2, 0) is 9.53 Å². The van der Waals surface area contributed by atoms with E-state index in [1.807, 2.05) is 6.92 Å². The summed E-state index contributed by atoms with van der Waals surface area (Å²) in [6.45, 7) is 3.88. The molecule has 1 aromatic heterocycles. The van der Waals surface area contributed by atoms with Gasteiger partial charge in [-0.3, -0.25) is 4.79 Å². The summed E-state index contributed by atoms with van der Waals surface area (Å²) in [5, 5.41) is 0.879. The van der Waals surface area contributed by atoms with Crippen LogP contribution in [0, 0.1) is 0 Å². The van der Waals surface area contributed by atoms with Gasteiger partial charge >= 0.3 is 5.97 Å². The van der Waals surface area contributed by atoms with E-state index in [0.29, 0.717) is 39.5 Å². The van der Waals surface area contributed by atoms with Crippen LogP contribution in [0.4, 0.5) is 0 Å². The van der Waals surface area contributed by atoms with Crippen molar-refractivity contribution in [1.29, 1.82) is 0 Å². The van der Waals surface area contributed by atoms with E-state index < -0.39 is 12.1 Å². The van der Waals surface area contributed by atoms with E-state index in [4.69, 9.17) is 25.5 Å². The molecule has 3 rings (SSSR count). The lowest BCUT2D eigenvalue weighted by molar-refractivity contribution is -0.151. The lowest BCUT2D eigenvalue weighted by Gasteiger charge is -2.14. The molecule has 27 heavy (non-hydrogen) atoms. The van der Waals surface area contributed by atoms with E-state index in [-0.39, 0.29) is 5.43 Å². The number of hydrogen-bond acceptors (Lipinski definition) is 5. The van der Waals surface area contributed by atoms with Gasteiger partial charge < -0.3 is 13.9 Å². The smallest absolute Gasteiger partial charge is 0.347 e. The Morgan fingerprint density at radius 2 is 1.96 bits per heavy atom. The predicted octanol–water partition coefficient (Wildman–Crippen LogP) is 4.83. The third-order valence-corrected chi connectivity index (χ3v) is 4.33. The second-order valence-corrected chi connectivity index (χ2v) is 6.45. The molecule has 0 spiro atoms. The van der Waals surface area contributed by atoms with Gasteiger partial charge in [0, 0.05) is 16.7 Å². The first-order chi connectivity index (χ1) is 13.0. The summed E-state index contributed by atoms with van der Waals surface area (Å²) in [6, 6.07) is 11.9.